The molecule has 3 heteroatoms. The summed E-state index contributed by atoms with van der Waals surface area (Å²) in [5.74, 6) is 0. The molecule has 1 heterocycles. The van der Waals surface area contributed by atoms with E-state index in [2.05, 4.69) is 32.0 Å². The number of rotatable bonds is 4. The number of thiophene rings is 1. The minimum atomic E-state index is 0.127. The van der Waals surface area contributed by atoms with Crippen molar-refractivity contribution < 1.29 is 0 Å². The van der Waals surface area contributed by atoms with Gasteiger partial charge in [0.25, 0.3) is 0 Å². The first-order chi connectivity index (χ1) is 8.56. The van der Waals surface area contributed by atoms with Crippen LogP contribution in [-0.2, 0) is 12.8 Å². The average molecular weight is 280 g/mol. The quantitative estimate of drug-likeness (QED) is 0.895. The molecule has 2 N–H and O–H groups in total. The summed E-state index contributed by atoms with van der Waals surface area (Å²) in [6, 6.07) is 8.59. The molecule has 0 aliphatic carbocycles. The first kappa shape index (κ1) is 13.6. The predicted molar refractivity (Wildman–Crippen MR) is 80.6 cm³/mol. The van der Waals surface area contributed by atoms with Crippen LogP contribution in [0.3, 0.4) is 0 Å². The highest BCUT2D eigenvalue weighted by atomic mass is 35.5. The maximum atomic E-state index is 6.23. The van der Waals surface area contributed by atoms with E-state index in [1.165, 1.54) is 21.6 Å². The van der Waals surface area contributed by atoms with Crippen LogP contribution in [-0.4, -0.2) is 6.04 Å². The molecule has 2 aromatic rings. The zero-order valence-electron chi connectivity index (χ0n) is 10.7. The molecular formula is C15H18ClNS. The molecule has 0 amide bonds. The van der Waals surface area contributed by atoms with Gasteiger partial charge in [0.05, 0.1) is 5.02 Å². The molecule has 1 atom stereocenters. The van der Waals surface area contributed by atoms with Crippen molar-refractivity contribution in [3.05, 3.63) is 56.2 Å². The van der Waals surface area contributed by atoms with Crippen LogP contribution in [0.2, 0.25) is 5.02 Å². The first-order valence-electron chi connectivity index (χ1n) is 6.10. The Hall–Kier alpha value is -0.830. The highest BCUT2D eigenvalue weighted by Gasteiger charge is 2.10. The van der Waals surface area contributed by atoms with Crippen molar-refractivity contribution in [1.29, 1.82) is 0 Å². The lowest BCUT2D eigenvalue weighted by Crippen LogP contribution is -2.25. The van der Waals surface area contributed by atoms with Crippen molar-refractivity contribution in [3.63, 3.8) is 0 Å². The first-order valence-corrected chi connectivity index (χ1v) is 7.35. The van der Waals surface area contributed by atoms with Crippen LogP contribution >= 0.6 is 22.9 Å². The van der Waals surface area contributed by atoms with Crippen molar-refractivity contribution in [1.82, 2.24) is 0 Å². The van der Waals surface area contributed by atoms with Crippen LogP contribution in [0.15, 0.2) is 29.6 Å². The van der Waals surface area contributed by atoms with Gasteiger partial charge in [0.15, 0.2) is 0 Å². The van der Waals surface area contributed by atoms with Gasteiger partial charge < -0.3 is 5.73 Å². The Morgan fingerprint density at radius 3 is 2.67 bits per heavy atom. The second kappa shape index (κ2) is 5.87. The molecule has 96 valence electrons. The Labute approximate surface area is 118 Å². The normalized spacial score (nSPS) is 12.7. The van der Waals surface area contributed by atoms with Gasteiger partial charge in [-0.15, -0.1) is 11.3 Å². The van der Waals surface area contributed by atoms with Gasteiger partial charge in [0.2, 0.25) is 0 Å². The summed E-state index contributed by atoms with van der Waals surface area (Å²) in [6.07, 6.45) is 1.76. The summed E-state index contributed by atoms with van der Waals surface area (Å²) in [7, 11) is 0. The molecule has 1 aromatic carbocycles. The molecule has 0 bridgehead atoms. The highest BCUT2D eigenvalue weighted by Crippen LogP contribution is 2.24. The highest BCUT2D eigenvalue weighted by molar-refractivity contribution is 7.10. The molecule has 0 aliphatic heterocycles. The van der Waals surface area contributed by atoms with Gasteiger partial charge in [-0.2, -0.15) is 0 Å². The largest absolute Gasteiger partial charge is 0.327 e. The number of halogens is 1. The number of hydrogen-bond donors (Lipinski definition) is 1. The standard InChI is InChI=1S/C15H18ClNS/c1-10-3-4-11(2)12(7-10)8-13(17)9-15-14(16)5-6-18-15/h3-7,13H,8-9,17H2,1-2H3. The summed E-state index contributed by atoms with van der Waals surface area (Å²) in [6.45, 7) is 4.25. The van der Waals surface area contributed by atoms with Crippen molar-refractivity contribution >= 4 is 22.9 Å². The van der Waals surface area contributed by atoms with E-state index in [1.54, 1.807) is 11.3 Å². The van der Waals surface area contributed by atoms with E-state index in [0.717, 1.165) is 17.9 Å². The Balaban J connectivity index is 2.05. The summed E-state index contributed by atoms with van der Waals surface area (Å²) < 4.78 is 0. The third-order valence-corrected chi connectivity index (χ3v) is 4.53. The topological polar surface area (TPSA) is 26.0 Å². The van der Waals surface area contributed by atoms with Crippen molar-refractivity contribution in [3.8, 4) is 0 Å². The molecule has 0 spiro atoms. The average Bonchev–Trinajstić information content (AvgIpc) is 2.70. The van der Waals surface area contributed by atoms with Gasteiger partial charge in [0.1, 0.15) is 0 Å². The molecule has 0 fully saturated rings. The van der Waals surface area contributed by atoms with Gasteiger partial charge >= 0.3 is 0 Å². The van der Waals surface area contributed by atoms with Crippen molar-refractivity contribution in [2.24, 2.45) is 5.73 Å². The van der Waals surface area contributed by atoms with Gasteiger partial charge in [-0.1, -0.05) is 35.4 Å². The van der Waals surface area contributed by atoms with Crippen LogP contribution < -0.4 is 5.73 Å². The number of hydrogen-bond acceptors (Lipinski definition) is 2. The van der Waals surface area contributed by atoms with E-state index in [0.29, 0.717) is 0 Å². The maximum Gasteiger partial charge on any atom is 0.0545 e. The Bertz CT molecular complexity index is 533. The monoisotopic (exact) mass is 279 g/mol. The Morgan fingerprint density at radius 1 is 1.22 bits per heavy atom. The van der Waals surface area contributed by atoms with E-state index in [9.17, 15) is 0 Å². The maximum absolute atomic E-state index is 6.23. The van der Waals surface area contributed by atoms with E-state index in [4.69, 9.17) is 17.3 Å². The lowest BCUT2D eigenvalue weighted by molar-refractivity contribution is 0.668. The van der Waals surface area contributed by atoms with Crippen molar-refractivity contribution in [2.45, 2.75) is 32.7 Å². The van der Waals surface area contributed by atoms with Gasteiger partial charge in [0, 0.05) is 10.9 Å². The predicted octanol–water partition coefficient (Wildman–Crippen LogP) is 4.13. The van der Waals surface area contributed by atoms with Gasteiger partial charge in [-0.25, -0.2) is 0 Å². The molecule has 0 aliphatic rings. The van der Waals surface area contributed by atoms with Crippen LogP contribution in [0.5, 0.6) is 0 Å². The van der Waals surface area contributed by atoms with E-state index >= 15 is 0 Å². The zero-order valence-corrected chi connectivity index (χ0v) is 12.3. The third-order valence-electron chi connectivity index (χ3n) is 3.13. The molecule has 0 saturated carbocycles. The molecular weight excluding hydrogens is 262 g/mol. The van der Waals surface area contributed by atoms with Gasteiger partial charge in [-0.3, -0.25) is 0 Å². The molecule has 0 radical (unpaired) electrons. The number of aryl methyl sites for hydroxylation is 2. The molecule has 1 aromatic heterocycles. The molecule has 0 saturated heterocycles. The minimum absolute atomic E-state index is 0.127. The van der Waals surface area contributed by atoms with Crippen LogP contribution in [0.25, 0.3) is 0 Å². The third kappa shape index (κ3) is 3.35. The SMILES string of the molecule is Cc1ccc(C)c(CC(N)Cc2sccc2Cl)c1. The summed E-state index contributed by atoms with van der Waals surface area (Å²) >= 11 is 7.78. The van der Waals surface area contributed by atoms with E-state index in [1.807, 2.05) is 11.4 Å². The lowest BCUT2D eigenvalue weighted by atomic mass is 9.97. The fourth-order valence-electron chi connectivity index (χ4n) is 2.08. The molecule has 1 unspecified atom stereocenters. The molecule has 1 nitrogen and oxygen atoms in total. The second-order valence-electron chi connectivity index (χ2n) is 4.79. The molecule has 2 rings (SSSR count). The van der Waals surface area contributed by atoms with Crippen molar-refractivity contribution in [2.75, 3.05) is 0 Å². The van der Waals surface area contributed by atoms with Crippen LogP contribution in [0, 0.1) is 13.8 Å². The molecule has 18 heavy (non-hydrogen) atoms. The van der Waals surface area contributed by atoms with Gasteiger partial charge in [-0.05, 0) is 49.3 Å². The second-order valence-corrected chi connectivity index (χ2v) is 6.20. The number of benzene rings is 1. The fraction of sp³-hybridized carbons (Fsp3) is 0.333. The minimum Gasteiger partial charge on any atom is -0.327 e. The van der Waals surface area contributed by atoms with Crippen LogP contribution in [0.4, 0.5) is 0 Å². The van der Waals surface area contributed by atoms with E-state index in [-0.39, 0.29) is 6.04 Å². The zero-order chi connectivity index (χ0) is 13.1. The van der Waals surface area contributed by atoms with Crippen LogP contribution in [0.1, 0.15) is 21.6 Å². The lowest BCUT2D eigenvalue weighted by Gasteiger charge is -2.13. The van der Waals surface area contributed by atoms with E-state index < -0.39 is 0 Å². The Morgan fingerprint density at radius 2 is 2.00 bits per heavy atom. The summed E-state index contributed by atoms with van der Waals surface area (Å²) in [5.41, 5.74) is 10.2. The smallest absolute Gasteiger partial charge is 0.0545 e. The fourth-order valence-corrected chi connectivity index (χ4v) is 3.29. The Kier molecular flexibility index (Phi) is 4.44. The summed E-state index contributed by atoms with van der Waals surface area (Å²) in [5, 5.41) is 2.86. The summed E-state index contributed by atoms with van der Waals surface area (Å²) in [4.78, 5) is 1.19. The number of nitrogens with two attached hydrogens (primary N) is 1.